The van der Waals surface area contributed by atoms with Crippen molar-refractivity contribution < 1.29 is 9.53 Å². The fourth-order valence-corrected chi connectivity index (χ4v) is 5.04. The lowest BCUT2D eigenvalue weighted by Gasteiger charge is -2.50. The fraction of sp³-hybridized carbons (Fsp3) is 0.667. The molecule has 0 bridgehead atoms. The molecule has 1 aromatic heterocycles. The monoisotopic (exact) mass is 330 g/mol. The summed E-state index contributed by atoms with van der Waals surface area (Å²) in [5.41, 5.74) is 7.76. The zero-order valence-corrected chi connectivity index (χ0v) is 14.4. The van der Waals surface area contributed by atoms with Crippen LogP contribution in [0, 0.1) is 11.8 Å². The van der Waals surface area contributed by atoms with Crippen LogP contribution in [-0.4, -0.2) is 48.1 Å². The molecule has 130 valence electrons. The molecular weight excluding hydrogens is 304 g/mol. The second-order valence-corrected chi connectivity index (χ2v) is 7.12. The fourth-order valence-electron chi connectivity index (χ4n) is 5.04. The van der Waals surface area contributed by atoms with E-state index in [2.05, 4.69) is 33.7 Å². The molecule has 3 aliphatic rings. The summed E-state index contributed by atoms with van der Waals surface area (Å²) in [4.78, 5) is 19.3. The van der Waals surface area contributed by atoms with Crippen LogP contribution in [0.4, 0.5) is 0 Å². The van der Waals surface area contributed by atoms with E-state index in [9.17, 15) is 4.79 Å². The van der Waals surface area contributed by atoms with Gasteiger partial charge in [0.05, 0.1) is 13.0 Å². The summed E-state index contributed by atoms with van der Waals surface area (Å²) in [6.45, 7) is 3.64. The quantitative estimate of drug-likeness (QED) is 0.874. The Morgan fingerprint density at radius 1 is 1.42 bits per heavy atom. The molecule has 0 aromatic carbocycles. The van der Waals surface area contributed by atoms with Gasteiger partial charge in [-0.25, -0.2) is 4.98 Å². The Morgan fingerprint density at radius 3 is 3.08 bits per heavy atom. The highest BCUT2D eigenvalue weighted by molar-refractivity contribution is 5.81. The minimum absolute atomic E-state index is 0.0932. The maximum Gasteiger partial charge on any atom is 0.228 e. The van der Waals surface area contributed by atoms with Crippen molar-refractivity contribution in [2.24, 2.45) is 11.8 Å². The second-order valence-electron chi connectivity index (χ2n) is 7.12. The number of carbonyl (C=O) groups excluding carboxylic acids is 1. The van der Waals surface area contributed by atoms with E-state index in [-0.39, 0.29) is 12.0 Å². The molecule has 4 rings (SSSR count). The van der Waals surface area contributed by atoms with Gasteiger partial charge in [0.15, 0.2) is 0 Å². The van der Waals surface area contributed by atoms with Crippen molar-refractivity contribution >= 4 is 5.91 Å². The van der Waals surface area contributed by atoms with E-state index in [4.69, 9.17) is 4.74 Å². The molecule has 2 aliphatic heterocycles. The van der Waals surface area contributed by atoms with Gasteiger partial charge in [-0.05, 0) is 44.1 Å². The molecule has 24 heavy (non-hydrogen) atoms. The van der Waals surface area contributed by atoms with E-state index in [1.54, 1.807) is 13.3 Å². The highest BCUT2D eigenvalue weighted by Crippen LogP contribution is 2.45. The number of piperidine rings is 1. The van der Waals surface area contributed by atoms with Gasteiger partial charge in [-0.3, -0.25) is 15.6 Å². The van der Waals surface area contributed by atoms with Crippen LogP contribution in [0.15, 0.2) is 18.3 Å². The molecule has 2 saturated heterocycles. The summed E-state index contributed by atoms with van der Waals surface area (Å²) in [6, 6.07) is 4.68. The summed E-state index contributed by atoms with van der Waals surface area (Å²) in [5, 5.41) is 0. The number of hydrazine groups is 1. The van der Waals surface area contributed by atoms with Crippen LogP contribution in [0.5, 0.6) is 5.88 Å². The summed E-state index contributed by atoms with van der Waals surface area (Å²) in [5.74, 6) is 2.06. The minimum Gasteiger partial charge on any atom is -0.481 e. The van der Waals surface area contributed by atoms with Gasteiger partial charge in [-0.2, -0.15) is 0 Å². The van der Waals surface area contributed by atoms with Gasteiger partial charge in [-0.1, -0.05) is 6.07 Å². The Bertz CT molecular complexity index is 623. The topological polar surface area (TPSA) is 66.5 Å². The smallest absolute Gasteiger partial charge is 0.228 e. The molecule has 5 atom stereocenters. The summed E-state index contributed by atoms with van der Waals surface area (Å²) < 4.78 is 5.46. The number of pyridine rings is 1. The van der Waals surface area contributed by atoms with E-state index in [1.165, 1.54) is 5.56 Å². The predicted molar refractivity (Wildman–Crippen MR) is 90.5 cm³/mol. The van der Waals surface area contributed by atoms with Gasteiger partial charge < -0.3 is 9.64 Å². The zero-order chi connectivity index (χ0) is 16.7. The first-order valence-electron chi connectivity index (χ1n) is 9.02. The summed E-state index contributed by atoms with van der Waals surface area (Å²) in [7, 11) is 1.68. The molecule has 5 unspecified atom stereocenters. The highest BCUT2D eigenvalue weighted by Gasteiger charge is 2.51. The van der Waals surface area contributed by atoms with Crippen LogP contribution in [0.25, 0.3) is 0 Å². The lowest BCUT2D eigenvalue weighted by Crippen LogP contribution is -2.61. The number of amides is 1. The normalized spacial score (nSPS) is 35.5. The first kappa shape index (κ1) is 15.8. The number of nitrogens with zero attached hydrogens (tertiary/aromatic N) is 2. The van der Waals surface area contributed by atoms with Crippen molar-refractivity contribution in [3.63, 3.8) is 0 Å². The highest BCUT2D eigenvalue weighted by atomic mass is 16.5. The van der Waals surface area contributed by atoms with Crippen molar-refractivity contribution in [1.82, 2.24) is 20.7 Å². The third-order valence-electron chi connectivity index (χ3n) is 6.13. The maximum atomic E-state index is 12.9. The largest absolute Gasteiger partial charge is 0.481 e. The zero-order valence-electron chi connectivity index (χ0n) is 14.4. The first-order valence-corrected chi connectivity index (χ1v) is 9.02. The Hall–Kier alpha value is -1.66. The number of hydrogen-bond acceptors (Lipinski definition) is 5. The average molecular weight is 330 g/mol. The Labute approximate surface area is 142 Å². The number of hydrogen-bond donors (Lipinski definition) is 2. The molecule has 2 N–H and O–H groups in total. The molecule has 1 aliphatic carbocycles. The standard InChI is InChI=1S/C18H26N4O2/c1-3-22-15-9-11(12-5-4-8-19-17(12)24-2)6-7-13(15)16-14(18(22)23)10-20-21-16/h4-5,8,11,13-16,20-21H,3,6-7,9-10H2,1-2H3. The van der Waals surface area contributed by atoms with Gasteiger partial charge in [-0.15, -0.1) is 0 Å². The number of ether oxygens (including phenoxy) is 1. The number of nitrogens with one attached hydrogen (secondary N) is 2. The van der Waals surface area contributed by atoms with Crippen LogP contribution < -0.4 is 15.6 Å². The number of fused-ring (bicyclic) bond motifs is 3. The van der Waals surface area contributed by atoms with Crippen LogP contribution >= 0.6 is 0 Å². The first-order chi connectivity index (χ1) is 11.7. The van der Waals surface area contributed by atoms with Crippen molar-refractivity contribution in [3.8, 4) is 5.88 Å². The third-order valence-corrected chi connectivity index (χ3v) is 6.13. The van der Waals surface area contributed by atoms with Gasteiger partial charge >= 0.3 is 0 Å². The van der Waals surface area contributed by atoms with Crippen LogP contribution in [0.1, 0.15) is 37.7 Å². The van der Waals surface area contributed by atoms with Crippen LogP contribution in [-0.2, 0) is 4.79 Å². The second kappa shape index (κ2) is 6.33. The Morgan fingerprint density at radius 2 is 2.29 bits per heavy atom. The number of likely N-dealkylation sites (tertiary alicyclic amines) is 1. The Kier molecular flexibility index (Phi) is 4.18. The van der Waals surface area contributed by atoms with E-state index >= 15 is 0 Å². The number of aromatic nitrogens is 1. The van der Waals surface area contributed by atoms with Gasteiger partial charge in [0, 0.05) is 36.9 Å². The molecule has 1 saturated carbocycles. The van der Waals surface area contributed by atoms with E-state index in [0.29, 0.717) is 23.8 Å². The predicted octanol–water partition coefficient (Wildman–Crippen LogP) is 1.30. The molecule has 3 heterocycles. The summed E-state index contributed by atoms with van der Waals surface area (Å²) >= 11 is 0. The molecule has 0 spiro atoms. The van der Waals surface area contributed by atoms with E-state index in [1.807, 2.05) is 6.07 Å². The molecular formula is C18H26N4O2. The molecule has 6 heteroatoms. The lowest BCUT2D eigenvalue weighted by molar-refractivity contribution is -0.146. The maximum absolute atomic E-state index is 12.9. The molecule has 1 amide bonds. The number of carbonyl (C=O) groups is 1. The molecule has 6 nitrogen and oxygen atoms in total. The molecule has 0 radical (unpaired) electrons. The van der Waals surface area contributed by atoms with E-state index < -0.39 is 0 Å². The van der Waals surface area contributed by atoms with E-state index in [0.717, 1.165) is 38.2 Å². The SMILES string of the molecule is CCN1C(=O)C2CNNC2C2CCC(c3cccnc3OC)CC21. The minimum atomic E-state index is 0.0932. The van der Waals surface area contributed by atoms with Gasteiger partial charge in [0.2, 0.25) is 11.8 Å². The lowest BCUT2D eigenvalue weighted by atomic mass is 9.67. The molecule has 3 fully saturated rings. The third kappa shape index (κ3) is 2.40. The summed E-state index contributed by atoms with van der Waals surface area (Å²) in [6.07, 6.45) is 5.03. The number of methoxy groups -OCH3 is 1. The van der Waals surface area contributed by atoms with Gasteiger partial charge in [0.25, 0.3) is 0 Å². The van der Waals surface area contributed by atoms with Crippen LogP contribution in [0.3, 0.4) is 0 Å². The van der Waals surface area contributed by atoms with Crippen molar-refractivity contribution in [2.75, 3.05) is 20.2 Å². The van der Waals surface area contributed by atoms with Gasteiger partial charge in [0.1, 0.15) is 0 Å². The average Bonchev–Trinajstić information content (AvgIpc) is 3.12. The van der Waals surface area contributed by atoms with Crippen molar-refractivity contribution in [2.45, 2.75) is 44.2 Å². The Balaban J connectivity index is 1.62. The van der Waals surface area contributed by atoms with Crippen molar-refractivity contribution in [1.29, 1.82) is 0 Å². The number of rotatable bonds is 3. The molecule has 1 aromatic rings. The van der Waals surface area contributed by atoms with Crippen LogP contribution in [0.2, 0.25) is 0 Å². The van der Waals surface area contributed by atoms with Crippen molar-refractivity contribution in [3.05, 3.63) is 23.9 Å².